The summed E-state index contributed by atoms with van der Waals surface area (Å²) in [5, 5.41) is 1.36. The van der Waals surface area contributed by atoms with Crippen molar-refractivity contribution >= 4 is 50.1 Å². The van der Waals surface area contributed by atoms with E-state index in [-0.39, 0.29) is 0 Å². The van der Waals surface area contributed by atoms with Crippen LogP contribution in [0.1, 0.15) is 119 Å². The number of hydrogen-bond acceptors (Lipinski definition) is 3. The Morgan fingerprint density at radius 2 is 1.24 bits per heavy atom. The number of aromatic nitrogens is 1. The Labute approximate surface area is 232 Å². The van der Waals surface area contributed by atoms with Crippen LogP contribution in [-0.2, 0) is 6.54 Å². The smallest absolute Gasteiger partial charge is 0.160 e. The molecule has 3 aromatic heterocycles. The number of carbonyl (C=O) groups excluding carboxylic acids is 1. The van der Waals surface area contributed by atoms with E-state index in [0.29, 0.717) is 0 Å². The fourth-order valence-corrected chi connectivity index (χ4v) is 7.63. The molecular formula is C33H45NOS2. The zero-order valence-corrected chi connectivity index (χ0v) is 24.4. The van der Waals surface area contributed by atoms with E-state index in [2.05, 4.69) is 47.9 Å². The maximum absolute atomic E-state index is 11.1. The molecule has 0 atom stereocenters. The SMILES string of the molecule is CCCCCCCCCCCCCCCCCCn1c2ccccc2c2sc(-c3ccc(C=O)s3)cc21. The topological polar surface area (TPSA) is 22.0 Å². The van der Waals surface area contributed by atoms with Gasteiger partial charge in [-0.05, 0) is 30.7 Å². The van der Waals surface area contributed by atoms with Crippen LogP contribution in [0.2, 0.25) is 0 Å². The van der Waals surface area contributed by atoms with E-state index in [1.807, 2.05) is 17.4 Å². The fourth-order valence-electron chi connectivity index (χ4n) is 5.53. The summed E-state index contributed by atoms with van der Waals surface area (Å²) in [4.78, 5) is 14.4. The van der Waals surface area contributed by atoms with E-state index in [1.54, 1.807) is 11.3 Å². The van der Waals surface area contributed by atoms with E-state index < -0.39 is 0 Å². The number of nitrogens with zero attached hydrogens (tertiary/aromatic N) is 1. The van der Waals surface area contributed by atoms with Crippen LogP contribution in [0.25, 0.3) is 30.9 Å². The van der Waals surface area contributed by atoms with Crippen LogP contribution < -0.4 is 0 Å². The van der Waals surface area contributed by atoms with Gasteiger partial charge in [-0.25, -0.2) is 0 Å². The van der Waals surface area contributed by atoms with E-state index in [9.17, 15) is 4.79 Å². The van der Waals surface area contributed by atoms with Gasteiger partial charge in [-0.15, -0.1) is 22.7 Å². The molecule has 2 nitrogen and oxygen atoms in total. The summed E-state index contributed by atoms with van der Waals surface area (Å²) < 4.78 is 3.91. The lowest BCUT2D eigenvalue weighted by Gasteiger charge is -2.07. The minimum atomic E-state index is 0.800. The molecule has 4 heteroatoms. The van der Waals surface area contributed by atoms with Crippen LogP contribution in [0, 0.1) is 0 Å². The Balaban J connectivity index is 1.15. The lowest BCUT2D eigenvalue weighted by atomic mass is 10.0. The average molecular weight is 536 g/mol. The predicted octanol–water partition coefficient (Wildman–Crippen LogP) is 11.7. The van der Waals surface area contributed by atoms with Gasteiger partial charge >= 0.3 is 0 Å². The summed E-state index contributed by atoms with van der Waals surface area (Å²) in [5.74, 6) is 0. The second-order valence-corrected chi connectivity index (χ2v) is 12.8. The molecule has 0 aliphatic heterocycles. The van der Waals surface area contributed by atoms with E-state index in [1.165, 1.54) is 134 Å². The lowest BCUT2D eigenvalue weighted by molar-refractivity contribution is 0.112. The van der Waals surface area contributed by atoms with E-state index >= 15 is 0 Å². The molecule has 3 heterocycles. The molecule has 0 saturated carbocycles. The summed E-state index contributed by atoms with van der Waals surface area (Å²) in [7, 11) is 0. The van der Waals surface area contributed by atoms with Gasteiger partial charge in [-0.1, -0.05) is 121 Å². The van der Waals surface area contributed by atoms with Gasteiger partial charge in [0.25, 0.3) is 0 Å². The number of carbonyl (C=O) groups is 1. The lowest BCUT2D eigenvalue weighted by Crippen LogP contribution is -1.97. The van der Waals surface area contributed by atoms with E-state index in [0.717, 1.165) is 17.7 Å². The third-order valence-electron chi connectivity index (χ3n) is 7.66. The molecule has 0 amide bonds. The van der Waals surface area contributed by atoms with Crippen molar-refractivity contribution in [1.29, 1.82) is 0 Å². The molecule has 0 aliphatic carbocycles. The average Bonchev–Trinajstić information content (AvgIpc) is 3.63. The zero-order chi connectivity index (χ0) is 25.7. The van der Waals surface area contributed by atoms with Gasteiger partial charge in [-0.2, -0.15) is 0 Å². The Hall–Kier alpha value is -1.91. The Morgan fingerprint density at radius 1 is 0.649 bits per heavy atom. The molecule has 0 spiro atoms. The van der Waals surface area contributed by atoms with Gasteiger partial charge in [0, 0.05) is 27.2 Å². The second-order valence-electron chi connectivity index (χ2n) is 10.6. The van der Waals surface area contributed by atoms with Crippen LogP contribution in [0.4, 0.5) is 0 Å². The zero-order valence-electron chi connectivity index (χ0n) is 22.8. The molecule has 4 aromatic rings. The minimum Gasteiger partial charge on any atom is -0.340 e. The standard InChI is InChI=1S/C33H45NOS2/c1-2-3-4-5-6-7-8-9-10-11-12-13-14-15-16-19-24-34-29-21-18-17-20-28(29)33-30(34)25-32(37-33)31-23-22-27(26-35)36-31/h17-18,20-23,25-26H,2-16,19,24H2,1H3. The number of aryl methyl sites for hydroxylation is 1. The number of unbranched alkanes of at least 4 members (excludes halogenated alkanes) is 15. The maximum atomic E-state index is 11.1. The number of fused-ring (bicyclic) bond motifs is 3. The van der Waals surface area contributed by atoms with Gasteiger partial charge in [-0.3, -0.25) is 4.79 Å². The highest BCUT2D eigenvalue weighted by Crippen LogP contribution is 2.41. The predicted molar refractivity (Wildman–Crippen MR) is 166 cm³/mol. The first-order valence-corrected chi connectivity index (χ1v) is 16.5. The van der Waals surface area contributed by atoms with Crippen molar-refractivity contribution in [3.8, 4) is 9.75 Å². The molecule has 0 fully saturated rings. The Kier molecular flexibility index (Phi) is 11.8. The van der Waals surface area contributed by atoms with Crippen molar-refractivity contribution in [1.82, 2.24) is 4.57 Å². The highest BCUT2D eigenvalue weighted by molar-refractivity contribution is 7.27. The number of hydrogen-bond donors (Lipinski definition) is 0. The highest BCUT2D eigenvalue weighted by atomic mass is 32.1. The first kappa shape index (κ1) is 28.1. The maximum Gasteiger partial charge on any atom is 0.160 e. The molecule has 0 radical (unpaired) electrons. The third-order valence-corrected chi connectivity index (χ3v) is 10.0. The number of rotatable bonds is 19. The number of para-hydroxylation sites is 1. The molecule has 0 aliphatic rings. The molecule has 1 aromatic carbocycles. The van der Waals surface area contributed by atoms with Gasteiger partial charge in [0.15, 0.2) is 6.29 Å². The summed E-state index contributed by atoms with van der Waals surface area (Å²) in [6.45, 7) is 3.38. The van der Waals surface area contributed by atoms with Crippen molar-refractivity contribution < 1.29 is 4.79 Å². The Bertz CT molecular complexity index is 1210. The monoisotopic (exact) mass is 535 g/mol. The molecule has 4 rings (SSSR count). The van der Waals surface area contributed by atoms with Gasteiger partial charge in [0.2, 0.25) is 0 Å². The molecule has 200 valence electrons. The summed E-state index contributed by atoms with van der Waals surface area (Å²) >= 11 is 3.45. The van der Waals surface area contributed by atoms with Crippen molar-refractivity contribution in [3.05, 3.63) is 47.3 Å². The van der Waals surface area contributed by atoms with Crippen molar-refractivity contribution in [2.24, 2.45) is 0 Å². The van der Waals surface area contributed by atoms with Crippen LogP contribution in [-0.4, -0.2) is 10.9 Å². The number of aldehydes is 1. The normalized spacial score (nSPS) is 11.7. The second kappa shape index (κ2) is 15.5. The molecule has 0 N–H and O–H groups in total. The molecule has 0 saturated heterocycles. The number of benzene rings is 1. The van der Waals surface area contributed by atoms with Crippen LogP contribution in [0.5, 0.6) is 0 Å². The van der Waals surface area contributed by atoms with Gasteiger partial charge in [0.05, 0.1) is 15.1 Å². The minimum absolute atomic E-state index is 0.800. The molecular weight excluding hydrogens is 491 g/mol. The van der Waals surface area contributed by atoms with Gasteiger partial charge in [0.1, 0.15) is 0 Å². The molecule has 0 bridgehead atoms. The van der Waals surface area contributed by atoms with Crippen LogP contribution in [0.15, 0.2) is 42.5 Å². The highest BCUT2D eigenvalue weighted by Gasteiger charge is 2.15. The van der Waals surface area contributed by atoms with Crippen LogP contribution in [0.3, 0.4) is 0 Å². The first-order chi connectivity index (χ1) is 18.3. The van der Waals surface area contributed by atoms with Crippen molar-refractivity contribution in [2.45, 2.75) is 116 Å². The summed E-state index contributed by atoms with van der Waals surface area (Å²) in [6, 6.07) is 15.2. The quantitative estimate of drug-likeness (QED) is 0.0864. The van der Waals surface area contributed by atoms with Crippen molar-refractivity contribution in [3.63, 3.8) is 0 Å². The van der Waals surface area contributed by atoms with Crippen molar-refractivity contribution in [2.75, 3.05) is 0 Å². The van der Waals surface area contributed by atoms with Crippen LogP contribution >= 0.6 is 22.7 Å². The first-order valence-electron chi connectivity index (χ1n) is 14.9. The number of thiophene rings is 2. The van der Waals surface area contributed by atoms with E-state index in [4.69, 9.17) is 0 Å². The largest absolute Gasteiger partial charge is 0.340 e. The molecule has 0 unspecified atom stereocenters. The Morgan fingerprint density at radius 3 is 1.84 bits per heavy atom. The van der Waals surface area contributed by atoms with Gasteiger partial charge < -0.3 is 4.57 Å². The molecule has 37 heavy (non-hydrogen) atoms. The fraction of sp³-hybridized carbons (Fsp3) is 0.545. The summed E-state index contributed by atoms with van der Waals surface area (Å²) in [6.07, 6.45) is 23.4. The third kappa shape index (κ3) is 8.04. The summed E-state index contributed by atoms with van der Waals surface area (Å²) in [5.41, 5.74) is 2.71.